The second kappa shape index (κ2) is 9.08. The third-order valence-corrected chi connectivity index (χ3v) is 9.10. The molecule has 3 aromatic heterocycles. The van der Waals surface area contributed by atoms with Gasteiger partial charge in [-0.25, -0.2) is 13.4 Å². The van der Waals surface area contributed by atoms with E-state index in [1.54, 1.807) is 0 Å². The Hall–Kier alpha value is -2.68. The van der Waals surface area contributed by atoms with Crippen molar-refractivity contribution in [2.24, 2.45) is 5.92 Å². The molecule has 0 saturated carbocycles. The molecule has 1 atom stereocenters. The first-order chi connectivity index (χ1) is 17.0. The van der Waals surface area contributed by atoms with E-state index >= 15 is 0 Å². The highest BCUT2D eigenvalue weighted by molar-refractivity contribution is 7.91. The molecular weight excluding hydrogens is 484 g/mol. The number of pyridine rings is 2. The largest absolute Gasteiger partial charge is 0.381 e. The van der Waals surface area contributed by atoms with E-state index in [0.717, 1.165) is 53.8 Å². The molecular formula is C26H27ClN4O3S. The van der Waals surface area contributed by atoms with Crippen LogP contribution < -0.4 is 4.90 Å². The minimum Gasteiger partial charge on any atom is -0.381 e. The van der Waals surface area contributed by atoms with Crippen molar-refractivity contribution in [3.63, 3.8) is 0 Å². The monoisotopic (exact) mass is 510 g/mol. The molecule has 0 aliphatic carbocycles. The van der Waals surface area contributed by atoms with Crippen molar-refractivity contribution in [2.75, 3.05) is 42.7 Å². The van der Waals surface area contributed by atoms with Gasteiger partial charge in [0, 0.05) is 31.7 Å². The van der Waals surface area contributed by atoms with Crippen LogP contribution in [-0.4, -0.2) is 60.8 Å². The maximum atomic E-state index is 12.0. The van der Waals surface area contributed by atoms with Crippen molar-refractivity contribution in [3.8, 4) is 0 Å². The molecule has 182 valence electrons. The lowest BCUT2D eigenvalue weighted by atomic mass is 9.86. The van der Waals surface area contributed by atoms with Gasteiger partial charge in [0.05, 0.1) is 40.5 Å². The maximum absolute atomic E-state index is 12.0. The van der Waals surface area contributed by atoms with Crippen LogP contribution in [-0.2, 0) is 14.6 Å². The van der Waals surface area contributed by atoms with Crippen LogP contribution in [0.15, 0.2) is 54.7 Å². The van der Waals surface area contributed by atoms with E-state index < -0.39 is 9.84 Å². The van der Waals surface area contributed by atoms with Gasteiger partial charge in [0.1, 0.15) is 10.8 Å². The molecule has 6 rings (SSSR count). The summed E-state index contributed by atoms with van der Waals surface area (Å²) in [5.41, 5.74) is 4.83. The first-order valence-corrected chi connectivity index (χ1v) is 14.2. The Morgan fingerprint density at radius 3 is 2.51 bits per heavy atom. The Morgan fingerprint density at radius 2 is 1.77 bits per heavy atom. The number of rotatable bonds is 4. The van der Waals surface area contributed by atoms with Crippen molar-refractivity contribution in [2.45, 2.75) is 18.9 Å². The minimum atomic E-state index is -2.97. The number of aromatic nitrogens is 3. The topological polar surface area (TPSA) is 77.3 Å². The predicted octanol–water partition coefficient (Wildman–Crippen LogP) is 4.49. The highest BCUT2D eigenvalue weighted by Gasteiger charge is 2.31. The highest BCUT2D eigenvalue weighted by Crippen LogP contribution is 2.40. The third-order valence-electron chi connectivity index (χ3n) is 7.28. The van der Waals surface area contributed by atoms with Gasteiger partial charge < -0.3 is 14.2 Å². The molecule has 0 unspecified atom stereocenters. The van der Waals surface area contributed by atoms with Crippen LogP contribution in [0.2, 0.25) is 5.15 Å². The van der Waals surface area contributed by atoms with Gasteiger partial charge in [-0.2, -0.15) is 0 Å². The SMILES string of the molecule is O=S1(=O)CCN(c2cnc3c4ccc(Cl)nc4n([C@H](c4ccccc4)C4CCOCC4)c3c2)CC1. The number of benzene rings is 1. The molecule has 4 aromatic rings. The number of sulfone groups is 1. The van der Waals surface area contributed by atoms with Crippen molar-refractivity contribution in [1.82, 2.24) is 14.5 Å². The van der Waals surface area contributed by atoms with E-state index in [4.69, 9.17) is 26.3 Å². The van der Waals surface area contributed by atoms with Gasteiger partial charge in [-0.1, -0.05) is 41.9 Å². The standard InChI is InChI=1S/C26H27ClN4O3S/c27-23-7-6-21-24-22(16-20(17-28-24)30-10-14-35(32,33)15-11-30)31(26(21)29-23)25(18-4-2-1-3-5-18)19-8-12-34-13-9-19/h1-7,16-17,19,25H,8-15H2/t25-/m1/s1. The first kappa shape index (κ1) is 22.8. The number of fused-ring (bicyclic) bond motifs is 3. The Balaban J connectivity index is 1.57. The molecule has 9 heteroatoms. The van der Waals surface area contributed by atoms with Crippen molar-refractivity contribution in [1.29, 1.82) is 0 Å². The van der Waals surface area contributed by atoms with E-state index in [2.05, 4.69) is 39.8 Å². The van der Waals surface area contributed by atoms with Crippen LogP contribution in [0.4, 0.5) is 5.69 Å². The van der Waals surface area contributed by atoms with E-state index in [1.807, 2.05) is 24.4 Å². The molecule has 5 heterocycles. The summed E-state index contributed by atoms with van der Waals surface area (Å²) in [4.78, 5) is 11.8. The first-order valence-electron chi connectivity index (χ1n) is 12.0. The van der Waals surface area contributed by atoms with Gasteiger partial charge in [0.25, 0.3) is 0 Å². The number of ether oxygens (including phenoxy) is 1. The average molecular weight is 511 g/mol. The van der Waals surface area contributed by atoms with Crippen LogP contribution in [0.3, 0.4) is 0 Å². The third kappa shape index (κ3) is 4.28. The fourth-order valence-corrected chi connectivity index (χ4v) is 6.82. The molecule has 0 N–H and O–H groups in total. The Kier molecular flexibility index (Phi) is 5.90. The fraction of sp³-hybridized carbons (Fsp3) is 0.385. The Morgan fingerprint density at radius 1 is 1.03 bits per heavy atom. The molecule has 0 amide bonds. The van der Waals surface area contributed by atoms with Crippen molar-refractivity contribution >= 4 is 49.2 Å². The number of hydrogen-bond donors (Lipinski definition) is 0. The Bertz CT molecular complexity index is 1470. The maximum Gasteiger partial charge on any atom is 0.153 e. The lowest BCUT2D eigenvalue weighted by molar-refractivity contribution is 0.0552. The summed E-state index contributed by atoms with van der Waals surface area (Å²) in [6.45, 7) is 2.43. The minimum absolute atomic E-state index is 0.0462. The zero-order valence-corrected chi connectivity index (χ0v) is 20.9. The smallest absolute Gasteiger partial charge is 0.153 e. The van der Waals surface area contributed by atoms with Gasteiger partial charge in [-0.05, 0) is 42.5 Å². The zero-order chi connectivity index (χ0) is 24.0. The molecule has 2 aliphatic rings. The molecule has 35 heavy (non-hydrogen) atoms. The normalized spacial score (nSPS) is 19.9. The van der Waals surface area contributed by atoms with Crippen LogP contribution >= 0.6 is 11.6 Å². The summed E-state index contributed by atoms with van der Waals surface area (Å²) >= 11 is 6.40. The number of halogens is 1. The lowest BCUT2D eigenvalue weighted by Crippen LogP contribution is -2.40. The zero-order valence-electron chi connectivity index (χ0n) is 19.3. The second-order valence-corrected chi connectivity index (χ2v) is 12.1. The van der Waals surface area contributed by atoms with Gasteiger partial charge in [-0.3, -0.25) is 4.98 Å². The quantitative estimate of drug-likeness (QED) is 0.376. The fourth-order valence-electron chi connectivity index (χ4n) is 5.48. The Labute approximate surface area is 209 Å². The molecule has 2 saturated heterocycles. The van der Waals surface area contributed by atoms with Gasteiger partial charge in [0.2, 0.25) is 0 Å². The van der Waals surface area contributed by atoms with E-state index in [-0.39, 0.29) is 17.5 Å². The van der Waals surface area contributed by atoms with Crippen LogP contribution in [0.5, 0.6) is 0 Å². The summed E-state index contributed by atoms with van der Waals surface area (Å²) in [5, 5.41) is 1.41. The summed E-state index contributed by atoms with van der Waals surface area (Å²) in [6.07, 6.45) is 3.77. The second-order valence-electron chi connectivity index (χ2n) is 9.38. The van der Waals surface area contributed by atoms with Crippen molar-refractivity contribution < 1.29 is 13.2 Å². The molecule has 0 spiro atoms. The van der Waals surface area contributed by atoms with Gasteiger partial charge in [-0.15, -0.1) is 0 Å². The lowest BCUT2D eigenvalue weighted by Gasteiger charge is -2.33. The van der Waals surface area contributed by atoms with Gasteiger partial charge >= 0.3 is 0 Å². The molecule has 7 nitrogen and oxygen atoms in total. The average Bonchev–Trinajstić information content (AvgIpc) is 3.18. The number of hydrogen-bond acceptors (Lipinski definition) is 6. The molecule has 2 fully saturated rings. The van der Waals surface area contributed by atoms with Crippen LogP contribution in [0.25, 0.3) is 22.1 Å². The molecule has 2 aliphatic heterocycles. The van der Waals surface area contributed by atoms with Gasteiger partial charge in [0.15, 0.2) is 9.84 Å². The molecule has 0 radical (unpaired) electrons. The summed E-state index contributed by atoms with van der Waals surface area (Å²) in [6, 6.07) is 16.5. The number of anilines is 1. The molecule has 1 aromatic carbocycles. The molecule has 0 bridgehead atoms. The highest BCUT2D eigenvalue weighted by atomic mass is 35.5. The summed E-state index contributed by atoms with van der Waals surface area (Å²) < 4.78 is 32.0. The van der Waals surface area contributed by atoms with Crippen molar-refractivity contribution in [3.05, 3.63) is 65.4 Å². The number of nitrogens with zero attached hydrogens (tertiary/aromatic N) is 4. The van der Waals surface area contributed by atoms with E-state index in [0.29, 0.717) is 24.2 Å². The van der Waals surface area contributed by atoms with E-state index in [9.17, 15) is 8.42 Å². The van der Waals surface area contributed by atoms with Crippen LogP contribution in [0, 0.1) is 5.92 Å². The summed E-state index contributed by atoms with van der Waals surface area (Å²) in [5.74, 6) is 0.703. The van der Waals surface area contributed by atoms with E-state index in [1.165, 1.54) is 5.56 Å². The summed E-state index contributed by atoms with van der Waals surface area (Å²) in [7, 11) is -2.97. The predicted molar refractivity (Wildman–Crippen MR) is 139 cm³/mol. The van der Waals surface area contributed by atoms with Crippen LogP contribution in [0.1, 0.15) is 24.4 Å².